The quantitative estimate of drug-likeness (QED) is 0.229. The molecule has 16 radical (unpaired) electrons. The van der Waals surface area contributed by atoms with E-state index in [-0.39, 0.29) is 43.7 Å². The van der Waals surface area contributed by atoms with Crippen LogP contribution in [0.4, 0.5) is 0 Å². The van der Waals surface area contributed by atoms with E-state index in [1.54, 1.807) is 0 Å². The van der Waals surface area contributed by atoms with E-state index >= 15 is 0 Å². The summed E-state index contributed by atoms with van der Waals surface area (Å²) in [5.41, 5.74) is 6.07. The van der Waals surface area contributed by atoms with Crippen LogP contribution in [0.5, 0.6) is 0 Å². The summed E-state index contributed by atoms with van der Waals surface area (Å²) in [6.45, 7) is 0. The average molecular weight is 549 g/mol. The zero-order valence-electron chi connectivity index (χ0n) is 24.1. The van der Waals surface area contributed by atoms with E-state index in [1.807, 2.05) is 66.7 Å². The number of rotatable bonds is 2. The molecule has 8 aromatic rings. The Morgan fingerprint density at radius 1 is 0.356 bits per heavy atom. The number of fused-ring (bicyclic) bond motifs is 6. The second-order valence-electron chi connectivity index (χ2n) is 11.4. The van der Waals surface area contributed by atoms with Gasteiger partial charge in [0.25, 0.3) is 0 Å². The van der Waals surface area contributed by atoms with Crippen molar-refractivity contribution < 1.29 is 4.42 Å². The highest BCUT2D eigenvalue weighted by molar-refractivity contribution is 6.71. The van der Waals surface area contributed by atoms with Crippen LogP contribution in [-0.4, -0.2) is 62.8 Å². The SMILES string of the molecule is [B]c1c([B])c([B])c2c(-c3ccc4c(c3)oc3cc5ccccc5cc34)c3c([B])c([B])c([B])c([B])c3c(-c3ccccc3)c2c1[B]. The molecule has 0 unspecified atom stereocenters. The number of benzene rings is 7. The first-order valence-corrected chi connectivity index (χ1v) is 14.3. The van der Waals surface area contributed by atoms with Gasteiger partial charge in [-0.25, -0.2) is 0 Å². The summed E-state index contributed by atoms with van der Waals surface area (Å²) in [6, 6.07) is 28.0. The summed E-state index contributed by atoms with van der Waals surface area (Å²) in [7, 11) is 53.2. The highest BCUT2D eigenvalue weighted by Crippen LogP contribution is 2.42. The van der Waals surface area contributed by atoms with Crippen molar-refractivity contribution in [3.05, 3.63) is 84.9 Å². The highest BCUT2D eigenvalue weighted by Gasteiger charge is 2.25. The molecule has 1 nitrogen and oxygen atoms in total. The van der Waals surface area contributed by atoms with Gasteiger partial charge in [-0.15, -0.1) is 21.9 Å². The molecule has 0 saturated heterocycles. The Bertz CT molecular complexity index is 2490. The third-order valence-corrected chi connectivity index (χ3v) is 9.01. The first kappa shape index (κ1) is 28.1. The van der Waals surface area contributed by atoms with E-state index in [1.165, 1.54) is 0 Å². The summed E-state index contributed by atoms with van der Waals surface area (Å²) < 4.78 is 6.43. The minimum atomic E-state index is 0.172. The van der Waals surface area contributed by atoms with Crippen molar-refractivity contribution in [3.8, 4) is 22.3 Å². The standard InChI is InChI=1S/C36H14B8O/c37-29-25-23(15-6-2-1-3-7-15)26-28(32(40)36(44)34(42)30(26)38)24(27(25)31(39)35(43)33(29)41)18-10-11-19-20-12-16-8-4-5-9-17(16)13-22(20)45-21(19)14-18/h1-14H. The average Bonchev–Trinajstić information content (AvgIpc) is 3.42. The predicted molar refractivity (Wildman–Crippen MR) is 200 cm³/mol. The van der Waals surface area contributed by atoms with Gasteiger partial charge in [0.15, 0.2) is 0 Å². The fourth-order valence-electron chi connectivity index (χ4n) is 6.75. The van der Waals surface area contributed by atoms with Gasteiger partial charge in [0, 0.05) is 10.8 Å². The molecular weight excluding hydrogens is 535 g/mol. The van der Waals surface area contributed by atoms with Crippen LogP contribution in [0.15, 0.2) is 89.3 Å². The van der Waals surface area contributed by atoms with Gasteiger partial charge in [-0.1, -0.05) is 82.5 Å². The van der Waals surface area contributed by atoms with Crippen LogP contribution in [-0.2, 0) is 0 Å². The normalized spacial score (nSPS) is 11.8. The Hall–Kier alpha value is -4.36. The van der Waals surface area contributed by atoms with Crippen molar-refractivity contribution in [3.63, 3.8) is 0 Å². The molecule has 0 aliphatic rings. The zero-order chi connectivity index (χ0) is 31.3. The topological polar surface area (TPSA) is 13.1 Å². The van der Waals surface area contributed by atoms with E-state index in [0.29, 0.717) is 38.3 Å². The van der Waals surface area contributed by atoms with Crippen LogP contribution in [0.25, 0.3) is 76.5 Å². The van der Waals surface area contributed by atoms with Gasteiger partial charge in [-0.3, -0.25) is 0 Å². The second kappa shape index (κ2) is 10.1. The summed E-state index contributed by atoms with van der Waals surface area (Å²) in [5.74, 6) is 0. The minimum Gasteiger partial charge on any atom is -0.456 e. The molecule has 0 aliphatic heterocycles. The maximum Gasteiger partial charge on any atom is 0.136 e. The van der Waals surface area contributed by atoms with Crippen molar-refractivity contribution in [1.82, 2.24) is 0 Å². The summed E-state index contributed by atoms with van der Waals surface area (Å²) >= 11 is 0. The molecule has 9 heteroatoms. The Labute approximate surface area is 271 Å². The van der Waals surface area contributed by atoms with Gasteiger partial charge < -0.3 is 4.42 Å². The van der Waals surface area contributed by atoms with Crippen LogP contribution in [0.2, 0.25) is 0 Å². The van der Waals surface area contributed by atoms with Gasteiger partial charge in [-0.2, -0.15) is 0 Å². The smallest absolute Gasteiger partial charge is 0.136 e. The van der Waals surface area contributed by atoms with Gasteiger partial charge in [0.1, 0.15) is 73.9 Å². The maximum absolute atomic E-state index is 6.84. The van der Waals surface area contributed by atoms with E-state index in [0.717, 1.165) is 38.3 Å². The molecular formula is C36H14B8O. The molecule has 0 bridgehead atoms. The first-order valence-electron chi connectivity index (χ1n) is 14.3. The first-order chi connectivity index (χ1) is 21.7. The lowest BCUT2D eigenvalue weighted by atomic mass is 9.59. The number of furan rings is 1. The molecule has 0 atom stereocenters. The van der Waals surface area contributed by atoms with Crippen molar-refractivity contribution >= 4 is 161 Å². The fraction of sp³-hybridized carbons (Fsp3) is 0. The van der Waals surface area contributed by atoms with Crippen LogP contribution in [0, 0.1) is 0 Å². The Morgan fingerprint density at radius 2 is 0.800 bits per heavy atom. The van der Waals surface area contributed by atoms with Crippen LogP contribution < -0.4 is 43.7 Å². The Balaban J connectivity index is 1.60. The van der Waals surface area contributed by atoms with Crippen molar-refractivity contribution in [2.45, 2.75) is 0 Å². The zero-order valence-corrected chi connectivity index (χ0v) is 24.1. The van der Waals surface area contributed by atoms with Crippen LogP contribution >= 0.6 is 0 Å². The third kappa shape index (κ3) is 3.92. The van der Waals surface area contributed by atoms with Gasteiger partial charge in [-0.05, 0) is 78.8 Å². The van der Waals surface area contributed by atoms with E-state index in [9.17, 15) is 0 Å². The second-order valence-corrected chi connectivity index (χ2v) is 11.4. The van der Waals surface area contributed by atoms with E-state index in [2.05, 4.69) is 18.2 Å². The van der Waals surface area contributed by atoms with Gasteiger partial charge in [0.2, 0.25) is 0 Å². The molecule has 0 spiro atoms. The predicted octanol–water partition coefficient (Wildman–Crippen LogP) is 0.730. The van der Waals surface area contributed by atoms with Crippen molar-refractivity contribution in [2.75, 3.05) is 0 Å². The molecule has 8 rings (SSSR count). The lowest BCUT2D eigenvalue weighted by Gasteiger charge is -2.28. The van der Waals surface area contributed by atoms with Gasteiger partial charge >= 0.3 is 0 Å². The van der Waals surface area contributed by atoms with Crippen LogP contribution in [0.1, 0.15) is 0 Å². The van der Waals surface area contributed by atoms with E-state index in [4.69, 9.17) is 67.2 Å². The minimum absolute atomic E-state index is 0.172. The lowest BCUT2D eigenvalue weighted by Crippen LogP contribution is -2.50. The molecule has 188 valence electrons. The fourth-order valence-corrected chi connectivity index (χ4v) is 6.75. The maximum atomic E-state index is 6.84. The Kier molecular flexibility index (Phi) is 6.30. The highest BCUT2D eigenvalue weighted by atomic mass is 16.3. The lowest BCUT2D eigenvalue weighted by molar-refractivity contribution is 0.669. The summed E-state index contributed by atoms with van der Waals surface area (Å²) in [6.07, 6.45) is 0. The molecule has 45 heavy (non-hydrogen) atoms. The Morgan fingerprint density at radius 3 is 1.33 bits per heavy atom. The summed E-state index contributed by atoms with van der Waals surface area (Å²) in [5, 5.41) is 6.48. The largest absolute Gasteiger partial charge is 0.456 e. The molecule has 0 fully saturated rings. The molecule has 1 heterocycles. The van der Waals surface area contributed by atoms with E-state index < -0.39 is 0 Å². The molecule has 0 aliphatic carbocycles. The third-order valence-electron chi connectivity index (χ3n) is 9.01. The van der Waals surface area contributed by atoms with Crippen molar-refractivity contribution in [2.24, 2.45) is 0 Å². The molecule has 0 amide bonds. The van der Waals surface area contributed by atoms with Gasteiger partial charge in [0.05, 0.1) is 0 Å². The monoisotopic (exact) mass is 550 g/mol. The van der Waals surface area contributed by atoms with Crippen LogP contribution in [0.3, 0.4) is 0 Å². The molecule has 0 N–H and O–H groups in total. The molecule has 7 aromatic carbocycles. The number of hydrogen-bond donors (Lipinski definition) is 0. The molecule has 1 aromatic heterocycles. The van der Waals surface area contributed by atoms with Crippen molar-refractivity contribution in [1.29, 1.82) is 0 Å². The number of hydrogen-bond acceptors (Lipinski definition) is 1. The summed E-state index contributed by atoms with van der Waals surface area (Å²) in [4.78, 5) is 0. The molecule has 0 saturated carbocycles.